The predicted molar refractivity (Wildman–Crippen MR) is 64.8 cm³/mol. The third-order valence-corrected chi connectivity index (χ3v) is 2.57. The SMILES string of the molecule is CCCC(C)NCC(C)(C)C(=O)NCC. The van der Waals surface area contributed by atoms with Crippen LogP contribution in [-0.2, 0) is 4.79 Å². The minimum absolute atomic E-state index is 0.126. The molecule has 0 saturated heterocycles. The highest BCUT2D eigenvalue weighted by molar-refractivity contribution is 5.81. The Hall–Kier alpha value is -0.570. The van der Waals surface area contributed by atoms with Gasteiger partial charge in [0, 0.05) is 19.1 Å². The van der Waals surface area contributed by atoms with Crippen LogP contribution in [-0.4, -0.2) is 25.0 Å². The minimum atomic E-state index is -0.321. The highest BCUT2D eigenvalue weighted by atomic mass is 16.2. The number of carbonyl (C=O) groups excluding carboxylic acids is 1. The van der Waals surface area contributed by atoms with Crippen LogP contribution in [0.2, 0.25) is 0 Å². The lowest BCUT2D eigenvalue weighted by Crippen LogP contribution is -2.45. The van der Waals surface area contributed by atoms with Gasteiger partial charge < -0.3 is 10.6 Å². The molecule has 2 N–H and O–H groups in total. The van der Waals surface area contributed by atoms with Gasteiger partial charge in [-0.2, -0.15) is 0 Å². The molecule has 1 atom stereocenters. The van der Waals surface area contributed by atoms with E-state index in [1.165, 1.54) is 6.42 Å². The standard InChI is InChI=1S/C12H26N2O/c1-6-8-10(3)14-9-12(4,5)11(15)13-7-2/h10,14H,6-9H2,1-5H3,(H,13,15). The summed E-state index contributed by atoms with van der Waals surface area (Å²) in [6.07, 6.45) is 2.33. The van der Waals surface area contributed by atoms with Gasteiger partial charge in [-0.25, -0.2) is 0 Å². The third-order valence-electron chi connectivity index (χ3n) is 2.57. The van der Waals surface area contributed by atoms with E-state index in [4.69, 9.17) is 0 Å². The molecule has 0 aliphatic carbocycles. The second-order valence-electron chi connectivity index (χ2n) is 4.81. The number of nitrogens with one attached hydrogen (secondary N) is 2. The van der Waals surface area contributed by atoms with Crippen LogP contribution < -0.4 is 10.6 Å². The molecule has 3 heteroatoms. The maximum Gasteiger partial charge on any atom is 0.226 e. The van der Waals surface area contributed by atoms with Crippen molar-refractivity contribution >= 4 is 5.91 Å². The van der Waals surface area contributed by atoms with Gasteiger partial charge in [0.2, 0.25) is 5.91 Å². The van der Waals surface area contributed by atoms with Crippen molar-refractivity contribution in [2.24, 2.45) is 5.41 Å². The molecule has 0 aliphatic heterocycles. The Bertz CT molecular complexity index is 190. The van der Waals surface area contributed by atoms with E-state index in [0.29, 0.717) is 12.6 Å². The zero-order chi connectivity index (χ0) is 11.9. The summed E-state index contributed by atoms with van der Waals surface area (Å²) in [6, 6.07) is 0.490. The molecule has 0 aromatic rings. The Morgan fingerprint density at radius 3 is 2.40 bits per heavy atom. The van der Waals surface area contributed by atoms with Crippen molar-refractivity contribution in [3.05, 3.63) is 0 Å². The molecule has 1 amide bonds. The van der Waals surface area contributed by atoms with Crippen LogP contribution in [0.15, 0.2) is 0 Å². The Kier molecular flexibility index (Phi) is 6.57. The van der Waals surface area contributed by atoms with Gasteiger partial charge in [-0.15, -0.1) is 0 Å². The van der Waals surface area contributed by atoms with E-state index < -0.39 is 0 Å². The van der Waals surface area contributed by atoms with Gasteiger partial charge in [-0.1, -0.05) is 13.3 Å². The maximum absolute atomic E-state index is 11.7. The molecule has 0 aromatic carbocycles. The monoisotopic (exact) mass is 214 g/mol. The molecule has 0 spiro atoms. The summed E-state index contributed by atoms with van der Waals surface area (Å²) in [5.74, 6) is 0.126. The van der Waals surface area contributed by atoms with Gasteiger partial charge in [-0.3, -0.25) is 4.79 Å². The highest BCUT2D eigenvalue weighted by Crippen LogP contribution is 2.14. The molecule has 3 nitrogen and oxygen atoms in total. The first kappa shape index (κ1) is 14.4. The fourth-order valence-corrected chi connectivity index (χ4v) is 1.44. The lowest BCUT2D eigenvalue weighted by Gasteiger charge is -2.25. The number of hydrogen-bond donors (Lipinski definition) is 2. The van der Waals surface area contributed by atoms with Crippen LogP contribution in [0, 0.1) is 5.41 Å². The van der Waals surface area contributed by atoms with Gasteiger partial charge in [0.15, 0.2) is 0 Å². The average Bonchev–Trinajstić information content (AvgIpc) is 2.16. The van der Waals surface area contributed by atoms with Crippen molar-refractivity contribution in [2.45, 2.75) is 53.5 Å². The summed E-state index contributed by atoms with van der Waals surface area (Å²) in [6.45, 7) is 11.7. The molecule has 90 valence electrons. The van der Waals surface area contributed by atoms with Crippen molar-refractivity contribution < 1.29 is 4.79 Å². The van der Waals surface area contributed by atoms with E-state index in [0.717, 1.165) is 13.0 Å². The lowest BCUT2D eigenvalue weighted by molar-refractivity contribution is -0.129. The fourth-order valence-electron chi connectivity index (χ4n) is 1.44. The third kappa shape index (κ3) is 5.78. The smallest absolute Gasteiger partial charge is 0.226 e. The van der Waals surface area contributed by atoms with Crippen molar-refractivity contribution in [1.29, 1.82) is 0 Å². The first-order valence-electron chi connectivity index (χ1n) is 5.95. The second kappa shape index (κ2) is 6.83. The van der Waals surface area contributed by atoms with Crippen molar-refractivity contribution in [3.63, 3.8) is 0 Å². The van der Waals surface area contributed by atoms with Gasteiger partial charge in [0.1, 0.15) is 0 Å². The molecule has 15 heavy (non-hydrogen) atoms. The molecule has 1 unspecified atom stereocenters. The van der Waals surface area contributed by atoms with Gasteiger partial charge in [-0.05, 0) is 34.1 Å². The number of carbonyl (C=O) groups is 1. The van der Waals surface area contributed by atoms with Crippen molar-refractivity contribution in [2.75, 3.05) is 13.1 Å². The summed E-state index contributed by atoms with van der Waals surface area (Å²) in [4.78, 5) is 11.7. The van der Waals surface area contributed by atoms with Crippen LogP contribution >= 0.6 is 0 Å². The van der Waals surface area contributed by atoms with E-state index in [-0.39, 0.29) is 11.3 Å². The van der Waals surface area contributed by atoms with Crippen LogP contribution in [0.4, 0.5) is 0 Å². The van der Waals surface area contributed by atoms with Crippen LogP contribution in [0.5, 0.6) is 0 Å². The van der Waals surface area contributed by atoms with Crippen molar-refractivity contribution in [1.82, 2.24) is 10.6 Å². The van der Waals surface area contributed by atoms with Crippen LogP contribution in [0.3, 0.4) is 0 Å². The molecule has 0 saturated carbocycles. The number of rotatable bonds is 7. The topological polar surface area (TPSA) is 41.1 Å². The molecular formula is C12H26N2O. The Labute approximate surface area is 94.0 Å². The maximum atomic E-state index is 11.7. The molecule has 0 rings (SSSR count). The summed E-state index contributed by atoms with van der Waals surface area (Å²) in [5.41, 5.74) is -0.321. The summed E-state index contributed by atoms with van der Waals surface area (Å²) >= 11 is 0. The summed E-state index contributed by atoms with van der Waals surface area (Å²) in [5, 5.41) is 6.26. The molecule has 0 aliphatic rings. The zero-order valence-corrected chi connectivity index (χ0v) is 10.8. The average molecular weight is 214 g/mol. The van der Waals surface area contributed by atoms with Gasteiger partial charge in [0.05, 0.1) is 5.41 Å². The first-order chi connectivity index (χ1) is 6.94. The molecule has 0 heterocycles. The Balaban J connectivity index is 3.97. The Morgan fingerprint density at radius 1 is 1.33 bits per heavy atom. The van der Waals surface area contributed by atoms with Crippen molar-refractivity contribution in [3.8, 4) is 0 Å². The van der Waals surface area contributed by atoms with Crippen LogP contribution in [0.25, 0.3) is 0 Å². The Morgan fingerprint density at radius 2 is 1.93 bits per heavy atom. The van der Waals surface area contributed by atoms with Crippen LogP contribution in [0.1, 0.15) is 47.5 Å². The number of hydrogen-bond acceptors (Lipinski definition) is 2. The lowest BCUT2D eigenvalue weighted by atomic mass is 9.91. The van der Waals surface area contributed by atoms with Gasteiger partial charge >= 0.3 is 0 Å². The molecular weight excluding hydrogens is 188 g/mol. The normalized spacial score (nSPS) is 13.7. The quantitative estimate of drug-likeness (QED) is 0.680. The fraction of sp³-hybridized carbons (Fsp3) is 0.917. The molecule has 0 bridgehead atoms. The summed E-state index contributed by atoms with van der Waals surface area (Å²) < 4.78 is 0. The highest BCUT2D eigenvalue weighted by Gasteiger charge is 2.26. The predicted octanol–water partition coefficient (Wildman–Crippen LogP) is 1.93. The van der Waals surface area contributed by atoms with E-state index >= 15 is 0 Å². The van der Waals surface area contributed by atoms with E-state index in [1.54, 1.807) is 0 Å². The van der Waals surface area contributed by atoms with E-state index in [9.17, 15) is 4.79 Å². The van der Waals surface area contributed by atoms with Gasteiger partial charge in [0.25, 0.3) is 0 Å². The largest absolute Gasteiger partial charge is 0.356 e. The molecule has 0 aromatic heterocycles. The molecule has 0 radical (unpaired) electrons. The van der Waals surface area contributed by atoms with E-state index in [2.05, 4.69) is 24.5 Å². The minimum Gasteiger partial charge on any atom is -0.356 e. The number of amides is 1. The molecule has 0 fully saturated rings. The van der Waals surface area contributed by atoms with E-state index in [1.807, 2.05) is 20.8 Å². The first-order valence-corrected chi connectivity index (χ1v) is 5.95. The zero-order valence-electron chi connectivity index (χ0n) is 10.8. The second-order valence-corrected chi connectivity index (χ2v) is 4.81. The summed E-state index contributed by atoms with van der Waals surface area (Å²) in [7, 11) is 0.